The van der Waals surface area contributed by atoms with E-state index in [1.807, 2.05) is 0 Å². The van der Waals surface area contributed by atoms with Crippen molar-refractivity contribution in [3.05, 3.63) is 0 Å². The van der Waals surface area contributed by atoms with Crippen molar-refractivity contribution in [2.24, 2.45) is 0 Å². The molecule has 0 aliphatic heterocycles. The van der Waals surface area contributed by atoms with Crippen LogP contribution >= 0.6 is 0 Å². The third-order valence-corrected chi connectivity index (χ3v) is 0.387. The normalized spacial score (nSPS) is 4.40. The molecule has 1 radical (unpaired) electrons. The van der Waals surface area contributed by atoms with E-state index < -0.39 is 9.52 Å². The van der Waals surface area contributed by atoms with Gasteiger partial charge < -0.3 is 0 Å². The molecule has 0 aromatic rings. The molecule has 3 heteroatoms. The molecule has 2 nitrogen and oxygen atoms in total. The van der Waals surface area contributed by atoms with Crippen LogP contribution in [0.1, 0.15) is 0 Å². The Morgan fingerprint density at radius 1 is 1.20 bits per heavy atom. The largest absolute Gasteiger partial charge is 0.290 e. The van der Waals surface area contributed by atoms with Gasteiger partial charge in [-0.15, -0.1) is 0 Å². The molecule has 0 aromatic heterocycles. The minimum absolute atomic E-state index is 0.574. The first-order chi connectivity index (χ1) is 2.41. The van der Waals surface area contributed by atoms with Gasteiger partial charge in [-0.3, -0.25) is 0 Å². The summed E-state index contributed by atoms with van der Waals surface area (Å²) in [4.78, 5) is 0. The number of nitriles is 2. The SMILES string of the molecule is N#C[SiH]C#N. The highest BCUT2D eigenvalue weighted by molar-refractivity contribution is 6.53. The van der Waals surface area contributed by atoms with Crippen molar-refractivity contribution >= 4 is 9.52 Å². The first-order valence-corrected chi connectivity index (χ1v) is 2.18. The number of rotatable bonds is 0. The van der Waals surface area contributed by atoms with E-state index in [4.69, 9.17) is 10.5 Å². The van der Waals surface area contributed by atoms with Crippen molar-refractivity contribution in [3.63, 3.8) is 0 Å². The van der Waals surface area contributed by atoms with Crippen LogP contribution in [0.2, 0.25) is 0 Å². The predicted octanol–water partition coefficient (Wildman–Crippen LogP) is -0.615. The van der Waals surface area contributed by atoms with Crippen LogP contribution in [0.5, 0.6) is 0 Å². The van der Waals surface area contributed by atoms with E-state index in [2.05, 4.69) is 0 Å². The van der Waals surface area contributed by atoms with E-state index in [0.717, 1.165) is 0 Å². The highest BCUT2D eigenvalue weighted by Crippen LogP contribution is 1.38. The van der Waals surface area contributed by atoms with Crippen molar-refractivity contribution in [2.45, 2.75) is 0 Å². The molecule has 0 heterocycles. The van der Waals surface area contributed by atoms with Crippen LogP contribution in [0.3, 0.4) is 0 Å². The van der Waals surface area contributed by atoms with Crippen LogP contribution in [0.25, 0.3) is 0 Å². The lowest BCUT2D eigenvalue weighted by Crippen LogP contribution is -1.70. The summed E-state index contributed by atoms with van der Waals surface area (Å²) in [5.74, 6) is 0. The standard InChI is InChI=1S/C2HN2Si/c3-1-5-2-4/h5H. The smallest absolute Gasteiger partial charge is 0.206 e. The Kier molecular flexibility index (Phi) is 2.68. The molecule has 0 aromatic carbocycles. The van der Waals surface area contributed by atoms with Crippen LogP contribution < -0.4 is 0 Å². The molecular formula is C2HN2Si. The maximum Gasteiger partial charge on any atom is 0.290 e. The van der Waals surface area contributed by atoms with E-state index >= 15 is 0 Å². The molecule has 0 unspecified atom stereocenters. The maximum absolute atomic E-state index is 7.63. The summed E-state index contributed by atoms with van der Waals surface area (Å²) in [5, 5.41) is 15.3. The second kappa shape index (κ2) is 3.20. The molecule has 0 bridgehead atoms. The fraction of sp³-hybridized carbons (Fsp3) is 0. The molecule has 0 rings (SSSR count). The molecule has 0 spiro atoms. The lowest BCUT2D eigenvalue weighted by atomic mass is 11.7. The zero-order chi connectivity index (χ0) is 4.12. The fourth-order valence-electron chi connectivity index (χ4n) is 0.0289. The molecule has 5 heavy (non-hydrogen) atoms. The van der Waals surface area contributed by atoms with Gasteiger partial charge in [0.15, 0.2) is 0 Å². The summed E-state index contributed by atoms with van der Waals surface area (Å²) in [6.45, 7) is 0. The first kappa shape index (κ1) is 4.20. The molecule has 0 amide bonds. The zero-order valence-electron chi connectivity index (χ0n) is 2.47. The van der Waals surface area contributed by atoms with Crippen LogP contribution in [-0.4, -0.2) is 9.52 Å². The van der Waals surface area contributed by atoms with Gasteiger partial charge in [-0.25, -0.2) is 10.5 Å². The highest BCUT2D eigenvalue weighted by atomic mass is 28.2. The number of hydrogen-bond donors (Lipinski definition) is 0. The summed E-state index contributed by atoms with van der Waals surface area (Å²) >= 11 is 0. The summed E-state index contributed by atoms with van der Waals surface area (Å²) in [5.41, 5.74) is 3.48. The Bertz CT molecular complexity index is 72.8. The molecular weight excluding hydrogens is 80.1 g/mol. The van der Waals surface area contributed by atoms with Crippen LogP contribution in [0.4, 0.5) is 0 Å². The third kappa shape index (κ3) is 3.20. The van der Waals surface area contributed by atoms with E-state index in [0.29, 0.717) is 0 Å². The van der Waals surface area contributed by atoms with E-state index in [9.17, 15) is 0 Å². The van der Waals surface area contributed by atoms with Gasteiger partial charge in [-0.05, 0) is 0 Å². The average Bonchev–Trinajstić information content (AvgIpc) is 1.41. The Morgan fingerprint density at radius 3 is 1.60 bits per heavy atom. The van der Waals surface area contributed by atoms with Gasteiger partial charge in [0.25, 0.3) is 9.52 Å². The van der Waals surface area contributed by atoms with Gasteiger partial charge in [-0.1, -0.05) is 0 Å². The Labute approximate surface area is 32.5 Å². The predicted molar refractivity (Wildman–Crippen MR) is 18.4 cm³/mol. The van der Waals surface area contributed by atoms with E-state index in [1.165, 1.54) is 0 Å². The lowest BCUT2D eigenvalue weighted by Gasteiger charge is -1.41. The lowest BCUT2D eigenvalue weighted by molar-refractivity contribution is 1.55. The molecule has 0 atom stereocenters. The second-order valence-electron chi connectivity index (χ2n) is 0.403. The van der Waals surface area contributed by atoms with Crippen molar-refractivity contribution < 1.29 is 0 Å². The van der Waals surface area contributed by atoms with Crippen molar-refractivity contribution in [1.82, 2.24) is 0 Å². The van der Waals surface area contributed by atoms with Gasteiger partial charge in [0.05, 0.1) is 0 Å². The molecule has 23 valence electrons. The van der Waals surface area contributed by atoms with Crippen LogP contribution in [0.15, 0.2) is 0 Å². The van der Waals surface area contributed by atoms with Gasteiger partial charge in [-0.2, -0.15) is 0 Å². The minimum Gasteiger partial charge on any atom is -0.206 e. The Balaban J connectivity index is 2.86. The fourth-order valence-corrected chi connectivity index (χ4v) is 0.0866. The third-order valence-electron chi connectivity index (χ3n) is 0.129. The quantitative estimate of drug-likeness (QED) is 0.365. The van der Waals surface area contributed by atoms with Gasteiger partial charge >= 0.3 is 0 Å². The molecule has 0 N–H and O–H groups in total. The van der Waals surface area contributed by atoms with E-state index in [-0.39, 0.29) is 0 Å². The summed E-state index contributed by atoms with van der Waals surface area (Å²) < 4.78 is 0. The minimum atomic E-state index is -0.574. The van der Waals surface area contributed by atoms with Crippen molar-refractivity contribution in [2.75, 3.05) is 0 Å². The Hall–Kier alpha value is -0.803. The molecule has 0 saturated carbocycles. The summed E-state index contributed by atoms with van der Waals surface area (Å²) in [6, 6.07) is 0. The molecule has 0 fully saturated rings. The average molecular weight is 81.1 g/mol. The van der Waals surface area contributed by atoms with Crippen molar-refractivity contribution in [1.29, 1.82) is 10.5 Å². The van der Waals surface area contributed by atoms with Crippen LogP contribution in [-0.2, 0) is 0 Å². The van der Waals surface area contributed by atoms with Gasteiger partial charge in [0.1, 0.15) is 0 Å². The van der Waals surface area contributed by atoms with E-state index in [1.54, 1.807) is 11.4 Å². The molecule has 0 aliphatic carbocycles. The monoisotopic (exact) mass is 81.0 g/mol. The first-order valence-electron chi connectivity index (χ1n) is 1.02. The summed E-state index contributed by atoms with van der Waals surface area (Å²) in [6.07, 6.45) is 0. The van der Waals surface area contributed by atoms with Crippen molar-refractivity contribution in [3.8, 4) is 11.4 Å². The topological polar surface area (TPSA) is 47.6 Å². The number of nitrogens with zero attached hydrogens (tertiary/aromatic N) is 2. The van der Waals surface area contributed by atoms with Gasteiger partial charge in [0.2, 0.25) is 0 Å². The zero-order valence-corrected chi connectivity index (χ0v) is 3.63. The maximum atomic E-state index is 7.63. The van der Waals surface area contributed by atoms with Crippen LogP contribution in [0, 0.1) is 21.9 Å². The van der Waals surface area contributed by atoms with Gasteiger partial charge in [0, 0.05) is 11.4 Å². The second-order valence-corrected chi connectivity index (χ2v) is 1.21. The summed E-state index contributed by atoms with van der Waals surface area (Å²) in [7, 11) is -0.574. The Morgan fingerprint density at radius 2 is 1.60 bits per heavy atom. The highest BCUT2D eigenvalue weighted by Gasteiger charge is 1.67. The molecule has 0 aliphatic rings. The number of hydrogen-bond acceptors (Lipinski definition) is 2. The molecule has 0 saturated heterocycles.